The number of aryl methyl sites for hydroxylation is 1. The van der Waals surface area contributed by atoms with Crippen molar-refractivity contribution >= 4 is 11.3 Å². The van der Waals surface area contributed by atoms with Crippen LogP contribution in [0.3, 0.4) is 0 Å². The SMILES string of the molecule is Cc1ncc(CN2C(C)CNCC2C)s1. The van der Waals surface area contributed by atoms with Gasteiger partial charge in [-0.05, 0) is 20.8 Å². The average molecular weight is 225 g/mol. The third-order valence-electron chi connectivity index (χ3n) is 3.02. The Hall–Kier alpha value is -0.450. The lowest BCUT2D eigenvalue weighted by molar-refractivity contribution is 0.110. The van der Waals surface area contributed by atoms with Gasteiger partial charge >= 0.3 is 0 Å². The standard InChI is InChI=1S/C11H19N3S/c1-8-4-12-5-9(2)14(8)7-11-6-13-10(3)15-11/h6,8-9,12H,4-5,7H2,1-3H3. The fraction of sp³-hybridized carbons (Fsp3) is 0.727. The lowest BCUT2D eigenvalue weighted by atomic mass is 10.1. The maximum atomic E-state index is 4.31. The molecule has 0 radical (unpaired) electrons. The Morgan fingerprint density at radius 3 is 2.67 bits per heavy atom. The van der Waals surface area contributed by atoms with E-state index in [-0.39, 0.29) is 0 Å². The summed E-state index contributed by atoms with van der Waals surface area (Å²) in [6, 6.07) is 1.24. The van der Waals surface area contributed by atoms with Gasteiger partial charge in [0, 0.05) is 42.8 Å². The van der Waals surface area contributed by atoms with Crippen LogP contribution < -0.4 is 5.32 Å². The van der Waals surface area contributed by atoms with Crippen molar-refractivity contribution in [2.24, 2.45) is 0 Å². The number of nitrogens with one attached hydrogen (secondary N) is 1. The monoisotopic (exact) mass is 225 g/mol. The summed E-state index contributed by atoms with van der Waals surface area (Å²) in [7, 11) is 0. The second kappa shape index (κ2) is 4.60. The van der Waals surface area contributed by atoms with Crippen LogP contribution in [0.1, 0.15) is 23.7 Å². The molecule has 0 saturated carbocycles. The Kier molecular flexibility index (Phi) is 3.38. The minimum Gasteiger partial charge on any atom is -0.314 e. The molecule has 2 atom stereocenters. The number of rotatable bonds is 2. The van der Waals surface area contributed by atoms with Crippen molar-refractivity contribution in [2.75, 3.05) is 13.1 Å². The number of hydrogen-bond acceptors (Lipinski definition) is 4. The summed E-state index contributed by atoms with van der Waals surface area (Å²) in [6.07, 6.45) is 2.02. The minimum absolute atomic E-state index is 0.621. The van der Waals surface area contributed by atoms with Crippen molar-refractivity contribution in [3.05, 3.63) is 16.1 Å². The number of hydrogen-bond donors (Lipinski definition) is 1. The molecule has 2 unspecified atom stereocenters. The molecule has 2 heterocycles. The van der Waals surface area contributed by atoms with Gasteiger partial charge < -0.3 is 5.32 Å². The first kappa shape index (κ1) is 11.0. The van der Waals surface area contributed by atoms with E-state index in [0.29, 0.717) is 12.1 Å². The Balaban J connectivity index is 2.03. The van der Waals surface area contributed by atoms with Gasteiger partial charge in [-0.25, -0.2) is 4.98 Å². The van der Waals surface area contributed by atoms with Gasteiger partial charge in [-0.15, -0.1) is 11.3 Å². The predicted molar refractivity (Wildman–Crippen MR) is 64.2 cm³/mol. The van der Waals surface area contributed by atoms with Crippen LogP contribution in [0.4, 0.5) is 0 Å². The molecule has 1 N–H and O–H groups in total. The maximum Gasteiger partial charge on any atom is 0.0897 e. The first-order chi connectivity index (χ1) is 7.16. The lowest BCUT2D eigenvalue weighted by Crippen LogP contribution is -2.54. The van der Waals surface area contributed by atoms with Gasteiger partial charge in [0.1, 0.15) is 0 Å². The highest BCUT2D eigenvalue weighted by Crippen LogP contribution is 2.18. The van der Waals surface area contributed by atoms with E-state index in [2.05, 4.69) is 36.0 Å². The molecule has 0 aliphatic carbocycles. The van der Waals surface area contributed by atoms with Gasteiger partial charge in [-0.2, -0.15) is 0 Å². The van der Waals surface area contributed by atoms with Gasteiger partial charge in [-0.1, -0.05) is 0 Å². The molecular formula is C11H19N3S. The molecule has 0 amide bonds. The van der Waals surface area contributed by atoms with Crippen LogP contribution in [0, 0.1) is 6.92 Å². The number of aromatic nitrogens is 1. The molecule has 15 heavy (non-hydrogen) atoms. The first-order valence-electron chi connectivity index (χ1n) is 5.54. The van der Waals surface area contributed by atoms with Gasteiger partial charge in [0.2, 0.25) is 0 Å². The van der Waals surface area contributed by atoms with Crippen molar-refractivity contribution in [2.45, 2.75) is 39.4 Å². The zero-order chi connectivity index (χ0) is 10.8. The van der Waals surface area contributed by atoms with E-state index in [1.54, 1.807) is 0 Å². The van der Waals surface area contributed by atoms with E-state index >= 15 is 0 Å². The van der Waals surface area contributed by atoms with E-state index in [1.807, 2.05) is 17.5 Å². The van der Waals surface area contributed by atoms with Gasteiger partial charge in [-0.3, -0.25) is 4.90 Å². The molecule has 1 saturated heterocycles. The summed E-state index contributed by atoms with van der Waals surface area (Å²) >= 11 is 1.81. The zero-order valence-corrected chi connectivity index (χ0v) is 10.5. The molecule has 3 nitrogen and oxygen atoms in total. The molecule has 84 valence electrons. The van der Waals surface area contributed by atoms with Crippen molar-refractivity contribution in [1.82, 2.24) is 15.2 Å². The van der Waals surface area contributed by atoms with Crippen LogP contribution in [0.25, 0.3) is 0 Å². The molecule has 1 aliphatic heterocycles. The molecule has 0 aromatic carbocycles. The van der Waals surface area contributed by atoms with Crippen LogP contribution in [-0.4, -0.2) is 35.1 Å². The molecule has 0 spiro atoms. The predicted octanol–water partition coefficient (Wildman–Crippen LogP) is 1.63. The van der Waals surface area contributed by atoms with Gasteiger partial charge in [0.15, 0.2) is 0 Å². The highest BCUT2D eigenvalue weighted by atomic mass is 32.1. The van der Waals surface area contributed by atoms with Crippen molar-refractivity contribution < 1.29 is 0 Å². The first-order valence-corrected chi connectivity index (χ1v) is 6.36. The highest BCUT2D eigenvalue weighted by Gasteiger charge is 2.24. The molecule has 1 fully saturated rings. The third-order valence-corrected chi connectivity index (χ3v) is 3.92. The summed E-state index contributed by atoms with van der Waals surface area (Å²) in [5.41, 5.74) is 0. The van der Waals surface area contributed by atoms with Gasteiger partial charge in [0.05, 0.1) is 5.01 Å². The van der Waals surface area contributed by atoms with E-state index in [1.165, 1.54) is 9.88 Å². The van der Waals surface area contributed by atoms with E-state index in [0.717, 1.165) is 19.6 Å². The number of piperazine rings is 1. The quantitative estimate of drug-likeness (QED) is 0.829. The average Bonchev–Trinajstić information content (AvgIpc) is 2.58. The normalized spacial score (nSPS) is 28.2. The van der Waals surface area contributed by atoms with Crippen LogP contribution in [0.15, 0.2) is 6.20 Å². The largest absolute Gasteiger partial charge is 0.314 e. The van der Waals surface area contributed by atoms with E-state index < -0.39 is 0 Å². The number of nitrogens with zero attached hydrogens (tertiary/aromatic N) is 2. The summed E-state index contributed by atoms with van der Waals surface area (Å²) in [4.78, 5) is 8.25. The second-order valence-electron chi connectivity index (χ2n) is 4.37. The van der Waals surface area contributed by atoms with Gasteiger partial charge in [0.25, 0.3) is 0 Å². The maximum absolute atomic E-state index is 4.31. The topological polar surface area (TPSA) is 28.2 Å². The third kappa shape index (κ3) is 2.56. The molecule has 4 heteroatoms. The highest BCUT2D eigenvalue weighted by molar-refractivity contribution is 7.11. The Bertz CT molecular complexity index is 313. The molecular weight excluding hydrogens is 206 g/mol. The Morgan fingerprint density at radius 2 is 2.13 bits per heavy atom. The smallest absolute Gasteiger partial charge is 0.0897 e. The van der Waals surface area contributed by atoms with Crippen molar-refractivity contribution in [3.63, 3.8) is 0 Å². The fourth-order valence-electron chi connectivity index (χ4n) is 2.14. The molecule has 1 aromatic heterocycles. The minimum atomic E-state index is 0.621. The molecule has 0 bridgehead atoms. The summed E-state index contributed by atoms with van der Waals surface area (Å²) in [5.74, 6) is 0. The van der Waals surface area contributed by atoms with E-state index in [4.69, 9.17) is 0 Å². The molecule has 2 rings (SSSR count). The Labute approximate surface area is 95.5 Å². The van der Waals surface area contributed by atoms with Crippen LogP contribution in [0.2, 0.25) is 0 Å². The number of thiazole rings is 1. The van der Waals surface area contributed by atoms with Crippen LogP contribution in [-0.2, 0) is 6.54 Å². The molecule has 1 aromatic rings. The summed E-state index contributed by atoms with van der Waals surface area (Å²) in [6.45, 7) is 9.89. The second-order valence-corrected chi connectivity index (χ2v) is 5.69. The summed E-state index contributed by atoms with van der Waals surface area (Å²) in [5, 5.41) is 4.62. The fourth-order valence-corrected chi connectivity index (χ4v) is 2.94. The zero-order valence-electron chi connectivity index (χ0n) is 9.66. The van der Waals surface area contributed by atoms with Crippen molar-refractivity contribution in [3.8, 4) is 0 Å². The van der Waals surface area contributed by atoms with E-state index in [9.17, 15) is 0 Å². The van der Waals surface area contributed by atoms with Crippen LogP contribution in [0.5, 0.6) is 0 Å². The summed E-state index contributed by atoms with van der Waals surface area (Å²) < 4.78 is 0. The van der Waals surface area contributed by atoms with Crippen LogP contribution >= 0.6 is 11.3 Å². The van der Waals surface area contributed by atoms with Crippen molar-refractivity contribution in [1.29, 1.82) is 0 Å². The Morgan fingerprint density at radius 1 is 1.47 bits per heavy atom. The lowest BCUT2D eigenvalue weighted by Gasteiger charge is -2.39. The molecule has 1 aliphatic rings.